The van der Waals surface area contributed by atoms with Gasteiger partial charge in [0.15, 0.2) is 0 Å². The number of phenols is 1. The summed E-state index contributed by atoms with van der Waals surface area (Å²) >= 11 is 2.19. The number of hydrogen-bond acceptors (Lipinski definition) is 2. The van der Waals surface area contributed by atoms with Gasteiger partial charge < -0.3 is 10.4 Å². The number of aromatic hydroxyl groups is 1. The Morgan fingerprint density at radius 3 is 2.65 bits per heavy atom. The molecular weight excluding hydrogens is 336 g/mol. The van der Waals surface area contributed by atoms with Gasteiger partial charge in [0.05, 0.1) is 5.56 Å². The second kappa shape index (κ2) is 6.18. The summed E-state index contributed by atoms with van der Waals surface area (Å²) in [6, 6.07) is 3.41. The van der Waals surface area contributed by atoms with E-state index >= 15 is 0 Å². The summed E-state index contributed by atoms with van der Waals surface area (Å²) in [5.41, 5.74) is 0.0990. The van der Waals surface area contributed by atoms with Crippen LogP contribution in [0.4, 0.5) is 4.39 Å². The van der Waals surface area contributed by atoms with Crippen LogP contribution in [-0.2, 0) is 0 Å². The molecule has 17 heavy (non-hydrogen) atoms. The molecule has 0 saturated heterocycles. The Hall–Kier alpha value is -0.850. The minimum Gasteiger partial charge on any atom is -0.507 e. The van der Waals surface area contributed by atoms with Gasteiger partial charge in [0.2, 0.25) is 0 Å². The van der Waals surface area contributed by atoms with Crippen molar-refractivity contribution in [2.24, 2.45) is 5.92 Å². The fourth-order valence-electron chi connectivity index (χ4n) is 1.33. The van der Waals surface area contributed by atoms with Crippen molar-refractivity contribution in [1.82, 2.24) is 5.32 Å². The van der Waals surface area contributed by atoms with Gasteiger partial charge in [-0.1, -0.05) is 36.4 Å². The van der Waals surface area contributed by atoms with E-state index in [1.807, 2.05) is 13.8 Å². The molecule has 3 nitrogen and oxygen atoms in total. The molecule has 0 bridgehead atoms. The third-order valence-corrected chi connectivity index (χ3v) is 3.44. The summed E-state index contributed by atoms with van der Waals surface area (Å²) in [6.45, 7) is 4.02. The number of amides is 1. The molecule has 0 aliphatic rings. The third-order valence-electron chi connectivity index (χ3n) is 2.49. The van der Waals surface area contributed by atoms with Crippen LogP contribution < -0.4 is 5.32 Å². The molecule has 1 unspecified atom stereocenters. The molecule has 0 saturated carbocycles. The van der Waals surface area contributed by atoms with Gasteiger partial charge in [-0.05, 0) is 18.1 Å². The average Bonchev–Trinajstić information content (AvgIpc) is 2.24. The molecule has 0 aliphatic heterocycles. The van der Waals surface area contributed by atoms with Crippen molar-refractivity contribution < 1.29 is 14.3 Å². The van der Waals surface area contributed by atoms with Gasteiger partial charge >= 0.3 is 0 Å². The lowest BCUT2D eigenvalue weighted by Gasteiger charge is -2.20. The first-order chi connectivity index (χ1) is 7.95. The summed E-state index contributed by atoms with van der Waals surface area (Å²) in [6.07, 6.45) is 0. The molecule has 1 aromatic carbocycles. The highest BCUT2D eigenvalue weighted by Crippen LogP contribution is 2.18. The molecular formula is C12H15FINO2. The summed E-state index contributed by atoms with van der Waals surface area (Å²) in [5, 5.41) is 12.3. The molecule has 1 amide bonds. The average molecular weight is 351 g/mol. The lowest BCUT2D eigenvalue weighted by atomic mass is 10.1. The molecule has 94 valence electrons. The maximum atomic E-state index is 12.8. The first kappa shape index (κ1) is 14.2. The van der Waals surface area contributed by atoms with Gasteiger partial charge in [0.25, 0.3) is 5.91 Å². The molecule has 0 radical (unpaired) electrons. The first-order valence-electron chi connectivity index (χ1n) is 5.31. The van der Waals surface area contributed by atoms with E-state index in [0.717, 1.165) is 16.6 Å². The van der Waals surface area contributed by atoms with Crippen LogP contribution in [0.15, 0.2) is 18.2 Å². The molecule has 0 heterocycles. The fourth-order valence-corrected chi connectivity index (χ4v) is 2.56. The zero-order valence-electron chi connectivity index (χ0n) is 9.71. The molecule has 0 fully saturated rings. The van der Waals surface area contributed by atoms with Crippen molar-refractivity contribution in [2.75, 3.05) is 4.43 Å². The normalized spacial score (nSPS) is 12.5. The SMILES string of the molecule is CC(C)C(CI)NC(=O)c1ccc(F)cc1O. The Balaban J connectivity index is 2.82. The number of halogens is 2. The molecule has 5 heteroatoms. The van der Waals surface area contributed by atoms with E-state index in [1.165, 1.54) is 6.07 Å². The molecule has 0 aromatic heterocycles. The lowest BCUT2D eigenvalue weighted by Crippen LogP contribution is -2.39. The van der Waals surface area contributed by atoms with Crippen molar-refractivity contribution in [3.05, 3.63) is 29.6 Å². The Kier molecular flexibility index (Phi) is 5.17. The standard InChI is InChI=1S/C12H15FINO2/c1-7(2)10(6-14)15-12(17)9-4-3-8(13)5-11(9)16/h3-5,7,10,16H,6H2,1-2H3,(H,15,17). The minimum atomic E-state index is -0.562. The Morgan fingerprint density at radius 1 is 1.53 bits per heavy atom. The van der Waals surface area contributed by atoms with Crippen LogP contribution in [0.1, 0.15) is 24.2 Å². The van der Waals surface area contributed by atoms with Gasteiger partial charge in [-0.2, -0.15) is 0 Å². The van der Waals surface area contributed by atoms with E-state index in [0.29, 0.717) is 5.92 Å². The van der Waals surface area contributed by atoms with Crippen LogP contribution in [0.2, 0.25) is 0 Å². The second-order valence-corrected chi connectivity index (χ2v) is 5.02. The van der Waals surface area contributed by atoms with Crippen molar-refractivity contribution >= 4 is 28.5 Å². The van der Waals surface area contributed by atoms with Gasteiger partial charge in [-0.25, -0.2) is 4.39 Å². The molecule has 1 rings (SSSR count). The first-order valence-corrected chi connectivity index (χ1v) is 6.83. The lowest BCUT2D eigenvalue weighted by molar-refractivity contribution is 0.0929. The summed E-state index contributed by atoms with van der Waals surface area (Å²) in [7, 11) is 0. The van der Waals surface area contributed by atoms with Gasteiger partial charge in [0.1, 0.15) is 11.6 Å². The zero-order valence-corrected chi connectivity index (χ0v) is 11.9. The van der Waals surface area contributed by atoms with E-state index in [-0.39, 0.29) is 23.3 Å². The van der Waals surface area contributed by atoms with E-state index in [2.05, 4.69) is 27.9 Å². The zero-order chi connectivity index (χ0) is 13.0. The van der Waals surface area contributed by atoms with Gasteiger partial charge in [-0.3, -0.25) is 4.79 Å². The predicted octanol–water partition coefficient (Wildman–Crippen LogP) is 2.72. The smallest absolute Gasteiger partial charge is 0.255 e. The van der Waals surface area contributed by atoms with Gasteiger partial charge in [0, 0.05) is 16.5 Å². The van der Waals surface area contributed by atoms with Crippen molar-refractivity contribution in [3.8, 4) is 5.75 Å². The summed E-state index contributed by atoms with van der Waals surface area (Å²) in [5.74, 6) is -0.969. The van der Waals surface area contributed by atoms with Gasteiger partial charge in [-0.15, -0.1) is 0 Å². The van der Waals surface area contributed by atoms with Crippen LogP contribution in [0.25, 0.3) is 0 Å². The van der Waals surface area contributed by atoms with Crippen LogP contribution in [-0.4, -0.2) is 21.5 Å². The highest BCUT2D eigenvalue weighted by Gasteiger charge is 2.18. The largest absolute Gasteiger partial charge is 0.507 e. The van der Waals surface area contributed by atoms with Crippen LogP contribution in [0, 0.1) is 11.7 Å². The number of carbonyl (C=O) groups excluding carboxylic acids is 1. The van der Waals surface area contributed by atoms with E-state index in [9.17, 15) is 14.3 Å². The quantitative estimate of drug-likeness (QED) is 0.647. The molecule has 2 N–H and O–H groups in total. The predicted molar refractivity (Wildman–Crippen MR) is 73.0 cm³/mol. The van der Waals surface area contributed by atoms with Crippen molar-refractivity contribution in [1.29, 1.82) is 0 Å². The number of rotatable bonds is 4. The number of alkyl halides is 1. The van der Waals surface area contributed by atoms with Crippen molar-refractivity contribution in [2.45, 2.75) is 19.9 Å². The molecule has 0 aliphatic carbocycles. The van der Waals surface area contributed by atoms with E-state index in [4.69, 9.17) is 0 Å². The minimum absolute atomic E-state index is 0.0348. The maximum absolute atomic E-state index is 12.8. The number of hydrogen-bond donors (Lipinski definition) is 2. The highest BCUT2D eigenvalue weighted by atomic mass is 127. The monoisotopic (exact) mass is 351 g/mol. The Bertz CT molecular complexity index is 409. The highest BCUT2D eigenvalue weighted by molar-refractivity contribution is 14.1. The fraction of sp³-hybridized carbons (Fsp3) is 0.417. The van der Waals surface area contributed by atoms with Crippen molar-refractivity contribution in [3.63, 3.8) is 0 Å². The number of phenolic OH excluding ortho intramolecular Hbond substituents is 1. The van der Waals surface area contributed by atoms with Crippen LogP contribution in [0.3, 0.4) is 0 Å². The topological polar surface area (TPSA) is 49.3 Å². The maximum Gasteiger partial charge on any atom is 0.255 e. The second-order valence-electron chi connectivity index (χ2n) is 4.14. The van der Waals surface area contributed by atoms with Crippen LogP contribution >= 0.6 is 22.6 Å². The van der Waals surface area contributed by atoms with E-state index < -0.39 is 5.82 Å². The van der Waals surface area contributed by atoms with Crippen LogP contribution in [0.5, 0.6) is 5.75 Å². The molecule has 0 spiro atoms. The molecule has 1 aromatic rings. The Labute approximate surface area is 114 Å². The Morgan fingerprint density at radius 2 is 2.18 bits per heavy atom. The number of benzene rings is 1. The number of nitrogens with one attached hydrogen (secondary N) is 1. The summed E-state index contributed by atoms with van der Waals surface area (Å²) < 4.78 is 13.6. The molecule has 1 atom stereocenters. The summed E-state index contributed by atoms with van der Waals surface area (Å²) in [4.78, 5) is 11.9. The third kappa shape index (κ3) is 3.83. The number of carbonyl (C=O) groups is 1. The van der Waals surface area contributed by atoms with E-state index in [1.54, 1.807) is 0 Å².